The first-order valence-electron chi connectivity index (χ1n) is 6.24. The van der Waals surface area contributed by atoms with Crippen LogP contribution in [0.1, 0.15) is 33.1 Å². The largest absolute Gasteiger partial charge is 0.366 e. The number of amides is 1. The number of hydrogen-bond acceptors (Lipinski definition) is 4. The van der Waals surface area contributed by atoms with Crippen LogP contribution in [0.5, 0.6) is 0 Å². The number of hydrazine groups is 1. The number of nitrogens with one attached hydrogen (secondary N) is 2. The Labute approximate surface area is 111 Å². The normalized spacial score (nSPS) is 24.0. The van der Waals surface area contributed by atoms with E-state index in [1.54, 1.807) is 12.3 Å². The second kappa shape index (κ2) is 4.20. The number of carbonyl (C=O) groups excluding carboxylic acids is 1. The minimum atomic E-state index is -0.396. The van der Waals surface area contributed by atoms with Crippen molar-refractivity contribution < 1.29 is 4.79 Å². The molecule has 1 fully saturated rings. The average Bonchev–Trinajstić information content (AvgIpc) is 2.95. The Balaban J connectivity index is 2.14. The molecule has 1 amide bonds. The highest BCUT2D eigenvalue weighted by Gasteiger charge is 2.36. The molecule has 19 heavy (non-hydrogen) atoms. The molecule has 2 heterocycles. The number of rotatable bonds is 2. The summed E-state index contributed by atoms with van der Waals surface area (Å²) in [5.41, 5.74) is 16.6. The van der Waals surface area contributed by atoms with Gasteiger partial charge in [-0.1, -0.05) is 6.07 Å². The molecule has 2 atom stereocenters. The SMILES string of the molecule is Cc1ccc(C(N)=O)c(C2NNC3=CN=CC32)c1C. The van der Waals surface area contributed by atoms with Gasteiger partial charge in [0, 0.05) is 18.0 Å². The molecule has 98 valence electrons. The second-order valence-corrected chi connectivity index (χ2v) is 4.99. The van der Waals surface area contributed by atoms with E-state index in [1.807, 2.05) is 26.1 Å². The monoisotopic (exact) mass is 256 g/mol. The summed E-state index contributed by atoms with van der Waals surface area (Å²) in [6.45, 7) is 4.05. The fraction of sp³-hybridized carbons (Fsp3) is 0.286. The summed E-state index contributed by atoms with van der Waals surface area (Å²) < 4.78 is 0. The Bertz CT molecular complexity index is 618. The molecule has 1 aromatic rings. The van der Waals surface area contributed by atoms with Gasteiger partial charge in [-0.05, 0) is 36.6 Å². The Kier molecular flexibility index (Phi) is 2.64. The van der Waals surface area contributed by atoms with E-state index in [0.29, 0.717) is 5.56 Å². The maximum Gasteiger partial charge on any atom is 0.249 e. The maximum absolute atomic E-state index is 11.7. The van der Waals surface area contributed by atoms with Crippen LogP contribution in [-0.4, -0.2) is 12.1 Å². The molecule has 5 nitrogen and oxygen atoms in total. The van der Waals surface area contributed by atoms with Gasteiger partial charge in [0.25, 0.3) is 0 Å². The van der Waals surface area contributed by atoms with Crippen molar-refractivity contribution >= 4 is 12.1 Å². The smallest absolute Gasteiger partial charge is 0.249 e. The van der Waals surface area contributed by atoms with Crippen LogP contribution >= 0.6 is 0 Å². The summed E-state index contributed by atoms with van der Waals surface area (Å²) in [6.07, 6.45) is 3.69. The number of carbonyl (C=O) groups is 1. The third kappa shape index (κ3) is 1.74. The molecule has 1 saturated heterocycles. The van der Waals surface area contributed by atoms with E-state index in [-0.39, 0.29) is 12.0 Å². The standard InChI is InChI=1S/C14H16N4O/c1-7-3-4-9(14(15)19)12(8(7)2)13-10-5-16-6-11(10)17-18-13/h3-6,10,13,17-18H,1-2H3,(H2,15,19). The zero-order valence-electron chi connectivity index (χ0n) is 10.9. The van der Waals surface area contributed by atoms with Crippen LogP contribution in [0.25, 0.3) is 0 Å². The predicted molar refractivity (Wildman–Crippen MR) is 73.5 cm³/mol. The van der Waals surface area contributed by atoms with Crippen molar-refractivity contribution in [2.75, 3.05) is 0 Å². The highest BCUT2D eigenvalue weighted by Crippen LogP contribution is 2.36. The van der Waals surface area contributed by atoms with Crippen LogP contribution in [0.3, 0.4) is 0 Å². The molecular weight excluding hydrogens is 240 g/mol. The third-order valence-corrected chi connectivity index (χ3v) is 3.91. The molecule has 0 aliphatic carbocycles. The first kappa shape index (κ1) is 11.9. The van der Waals surface area contributed by atoms with Gasteiger partial charge in [0.1, 0.15) is 0 Å². The van der Waals surface area contributed by atoms with Gasteiger partial charge in [-0.3, -0.25) is 9.79 Å². The molecule has 0 saturated carbocycles. The highest BCUT2D eigenvalue weighted by atomic mass is 16.1. The fourth-order valence-electron chi connectivity index (χ4n) is 2.72. The van der Waals surface area contributed by atoms with Crippen molar-refractivity contribution in [2.24, 2.45) is 16.6 Å². The van der Waals surface area contributed by atoms with E-state index in [2.05, 4.69) is 15.8 Å². The predicted octanol–water partition coefficient (Wildman–Crippen LogP) is 1.09. The van der Waals surface area contributed by atoms with Crippen LogP contribution in [0.4, 0.5) is 0 Å². The van der Waals surface area contributed by atoms with Gasteiger partial charge in [-0.15, -0.1) is 0 Å². The molecule has 1 aromatic carbocycles. The molecule has 0 aromatic heterocycles. The number of nitrogens with two attached hydrogens (primary N) is 1. The van der Waals surface area contributed by atoms with Gasteiger partial charge >= 0.3 is 0 Å². The summed E-state index contributed by atoms with van der Waals surface area (Å²) in [6, 6.07) is 3.72. The van der Waals surface area contributed by atoms with Crippen LogP contribution in [-0.2, 0) is 0 Å². The van der Waals surface area contributed by atoms with E-state index in [9.17, 15) is 4.79 Å². The van der Waals surface area contributed by atoms with Crippen molar-refractivity contribution in [3.05, 3.63) is 46.3 Å². The molecule has 0 spiro atoms. The summed E-state index contributed by atoms with van der Waals surface area (Å²) in [4.78, 5) is 15.8. The van der Waals surface area contributed by atoms with Gasteiger partial charge in [-0.25, -0.2) is 5.43 Å². The lowest BCUT2D eigenvalue weighted by atomic mass is 9.86. The van der Waals surface area contributed by atoms with E-state index < -0.39 is 5.91 Å². The Hall–Kier alpha value is -2.14. The van der Waals surface area contributed by atoms with Crippen LogP contribution in [0.15, 0.2) is 29.0 Å². The lowest BCUT2D eigenvalue weighted by Gasteiger charge is -2.20. The van der Waals surface area contributed by atoms with Crippen LogP contribution in [0.2, 0.25) is 0 Å². The minimum absolute atomic E-state index is 0.0140. The number of fused-ring (bicyclic) bond motifs is 1. The first-order valence-corrected chi connectivity index (χ1v) is 6.24. The molecule has 4 N–H and O–H groups in total. The van der Waals surface area contributed by atoms with Crippen molar-refractivity contribution in [3.63, 3.8) is 0 Å². The zero-order valence-corrected chi connectivity index (χ0v) is 10.9. The van der Waals surface area contributed by atoms with Crippen molar-refractivity contribution in [3.8, 4) is 0 Å². The summed E-state index contributed by atoms with van der Waals surface area (Å²) in [5, 5.41) is 0. The summed E-state index contributed by atoms with van der Waals surface area (Å²) in [7, 11) is 0. The molecular formula is C14H16N4O. The summed E-state index contributed by atoms with van der Waals surface area (Å²) >= 11 is 0. The lowest BCUT2D eigenvalue weighted by molar-refractivity contribution is 0.0998. The first-order chi connectivity index (χ1) is 9.09. The fourth-order valence-corrected chi connectivity index (χ4v) is 2.72. The van der Waals surface area contributed by atoms with Gasteiger partial charge in [0.2, 0.25) is 5.91 Å². The quantitative estimate of drug-likeness (QED) is 0.741. The van der Waals surface area contributed by atoms with E-state index in [0.717, 1.165) is 22.4 Å². The molecule has 3 rings (SSSR count). The topological polar surface area (TPSA) is 79.5 Å². The zero-order chi connectivity index (χ0) is 13.6. The molecule has 2 aliphatic rings. The Morgan fingerprint density at radius 2 is 2.16 bits per heavy atom. The average molecular weight is 256 g/mol. The number of aryl methyl sites for hydroxylation is 1. The highest BCUT2D eigenvalue weighted by molar-refractivity contribution is 5.95. The van der Waals surface area contributed by atoms with Crippen molar-refractivity contribution in [1.82, 2.24) is 10.9 Å². The van der Waals surface area contributed by atoms with Crippen molar-refractivity contribution in [1.29, 1.82) is 0 Å². The molecule has 2 aliphatic heterocycles. The summed E-state index contributed by atoms with van der Waals surface area (Å²) in [5.74, 6) is -0.258. The van der Waals surface area contributed by atoms with Gasteiger partial charge < -0.3 is 11.2 Å². The Morgan fingerprint density at radius 1 is 1.37 bits per heavy atom. The van der Waals surface area contributed by atoms with Crippen molar-refractivity contribution in [2.45, 2.75) is 19.9 Å². The molecule has 0 radical (unpaired) electrons. The number of aliphatic imine (C=N–C) groups is 1. The van der Waals surface area contributed by atoms with Gasteiger partial charge in [0.05, 0.1) is 17.7 Å². The maximum atomic E-state index is 11.7. The third-order valence-electron chi connectivity index (χ3n) is 3.91. The molecule has 2 unspecified atom stereocenters. The van der Waals surface area contributed by atoms with Gasteiger partial charge in [0.15, 0.2) is 0 Å². The number of hydrogen-bond donors (Lipinski definition) is 3. The number of primary amides is 1. The van der Waals surface area contributed by atoms with Crippen LogP contribution < -0.4 is 16.6 Å². The van der Waals surface area contributed by atoms with E-state index in [1.165, 1.54) is 0 Å². The molecule has 0 bridgehead atoms. The van der Waals surface area contributed by atoms with E-state index >= 15 is 0 Å². The molecule has 5 heteroatoms. The number of benzene rings is 1. The minimum Gasteiger partial charge on any atom is -0.366 e. The van der Waals surface area contributed by atoms with Crippen LogP contribution in [0, 0.1) is 19.8 Å². The Morgan fingerprint density at radius 3 is 2.89 bits per heavy atom. The number of nitrogens with zero attached hydrogens (tertiary/aromatic N) is 1. The van der Waals surface area contributed by atoms with Gasteiger partial charge in [-0.2, -0.15) is 0 Å². The lowest BCUT2D eigenvalue weighted by Crippen LogP contribution is -2.28. The second-order valence-electron chi connectivity index (χ2n) is 4.99. The van der Waals surface area contributed by atoms with E-state index in [4.69, 9.17) is 5.73 Å².